The van der Waals surface area contributed by atoms with Crippen LogP contribution in [0.4, 0.5) is 8.78 Å². The molecular weight excluding hydrogens is 957 g/mol. The molecule has 0 saturated heterocycles. The Morgan fingerprint density at radius 3 is 1.88 bits per heavy atom. The first kappa shape index (κ1) is 50.4. The zero-order valence-electron chi connectivity index (χ0n) is 37.8. The second-order valence-corrected chi connectivity index (χ2v) is 21.7. The van der Waals surface area contributed by atoms with Crippen molar-refractivity contribution in [1.29, 1.82) is 0 Å². The Morgan fingerprint density at radius 1 is 0.794 bits per heavy atom. The van der Waals surface area contributed by atoms with E-state index in [1.165, 1.54) is 30.3 Å². The van der Waals surface area contributed by atoms with Crippen LogP contribution in [0.1, 0.15) is 73.5 Å². The Bertz CT molecular complexity index is 2940. The number of sulfone groups is 1. The Labute approximate surface area is 404 Å². The van der Waals surface area contributed by atoms with Gasteiger partial charge in [0.05, 0.1) is 41.2 Å². The third-order valence-corrected chi connectivity index (χ3v) is 14.3. The third kappa shape index (κ3) is 12.0. The third-order valence-electron chi connectivity index (χ3n) is 11.2. The number of nitrogens with zero attached hydrogens (tertiary/aromatic N) is 2. The molecule has 0 spiro atoms. The quantitative estimate of drug-likeness (QED) is 0.0653. The SMILES string of the molecule is CC(C)(O)c1cn(-c2ccc(C3=CC(S(C)(=O)=O)=C(COC(=O)Cc4ccc(OP(=O)(OCc5ccccc5)OCc5ccccc5)cc4)C(F)(F)C3)cc2)c(C(C)(C)c2c(Cl)cccc2Cl)n1. The predicted octanol–water partition coefficient (Wildman–Crippen LogP) is 12.2. The van der Waals surface area contributed by atoms with Crippen molar-refractivity contribution >= 4 is 52.4 Å². The monoisotopic (exact) mass is 1000 g/mol. The molecule has 5 aromatic carbocycles. The minimum absolute atomic E-state index is 0.0473. The van der Waals surface area contributed by atoms with Gasteiger partial charge in [0, 0.05) is 40.2 Å². The van der Waals surface area contributed by atoms with Gasteiger partial charge in [0.15, 0.2) is 9.84 Å². The van der Waals surface area contributed by atoms with Crippen LogP contribution in [0, 0.1) is 0 Å². The maximum Gasteiger partial charge on any atom is 0.530 e. The lowest BCUT2D eigenvalue weighted by molar-refractivity contribution is -0.142. The highest BCUT2D eigenvalue weighted by atomic mass is 35.5. The summed E-state index contributed by atoms with van der Waals surface area (Å²) < 4.78 is 96.4. The number of carbonyl (C=O) groups excluding carboxylic acids is 1. The molecule has 0 amide bonds. The molecule has 1 heterocycles. The van der Waals surface area contributed by atoms with Crippen LogP contribution < -0.4 is 4.52 Å². The van der Waals surface area contributed by atoms with Crippen molar-refractivity contribution in [1.82, 2.24) is 9.55 Å². The van der Waals surface area contributed by atoms with E-state index in [-0.39, 0.29) is 31.0 Å². The van der Waals surface area contributed by atoms with Crippen molar-refractivity contribution in [2.75, 3.05) is 12.9 Å². The summed E-state index contributed by atoms with van der Waals surface area (Å²) in [5.41, 5.74) is 0.760. The number of rotatable bonds is 18. The van der Waals surface area contributed by atoms with Crippen LogP contribution in [0.25, 0.3) is 11.3 Å². The minimum Gasteiger partial charge on any atom is -0.461 e. The number of esters is 1. The second-order valence-electron chi connectivity index (χ2n) is 17.4. The van der Waals surface area contributed by atoms with E-state index in [2.05, 4.69) is 0 Å². The van der Waals surface area contributed by atoms with Gasteiger partial charge in [-0.15, -0.1) is 0 Å². The van der Waals surface area contributed by atoms with Crippen molar-refractivity contribution in [3.8, 4) is 11.4 Å². The average Bonchev–Trinajstić information content (AvgIpc) is 3.76. The Kier molecular flexibility index (Phi) is 15.0. The molecule has 1 aromatic heterocycles. The number of hydrogen-bond donors (Lipinski definition) is 1. The Morgan fingerprint density at radius 2 is 1.35 bits per heavy atom. The van der Waals surface area contributed by atoms with Crippen molar-refractivity contribution in [3.05, 3.63) is 200 Å². The summed E-state index contributed by atoms with van der Waals surface area (Å²) in [6.07, 6.45) is 2.46. The molecule has 356 valence electrons. The predicted molar refractivity (Wildman–Crippen MR) is 259 cm³/mol. The summed E-state index contributed by atoms with van der Waals surface area (Å²) in [6.45, 7) is 5.91. The van der Waals surface area contributed by atoms with Gasteiger partial charge in [-0.2, -0.15) is 0 Å². The van der Waals surface area contributed by atoms with Crippen LogP contribution >= 0.6 is 31.0 Å². The fourth-order valence-corrected chi connectivity index (χ4v) is 10.6. The van der Waals surface area contributed by atoms with E-state index in [9.17, 15) is 22.9 Å². The largest absolute Gasteiger partial charge is 0.530 e. The maximum absolute atomic E-state index is 16.1. The van der Waals surface area contributed by atoms with Gasteiger partial charge in [0.1, 0.15) is 23.8 Å². The van der Waals surface area contributed by atoms with Gasteiger partial charge < -0.3 is 18.9 Å². The molecule has 0 radical (unpaired) electrons. The first-order chi connectivity index (χ1) is 32.0. The summed E-state index contributed by atoms with van der Waals surface area (Å²) in [4.78, 5) is 17.2. The van der Waals surface area contributed by atoms with Crippen LogP contribution in [0.15, 0.2) is 150 Å². The number of imidazole rings is 1. The number of ether oxygens (including phenoxy) is 1. The molecule has 0 saturated carbocycles. The van der Waals surface area contributed by atoms with Gasteiger partial charge in [0.2, 0.25) is 0 Å². The Balaban J connectivity index is 1.06. The molecule has 7 rings (SSSR count). The van der Waals surface area contributed by atoms with E-state index in [1.807, 2.05) is 50.2 Å². The van der Waals surface area contributed by atoms with Gasteiger partial charge in [-0.25, -0.2) is 26.7 Å². The highest BCUT2D eigenvalue weighted by Gasteiger charge is 2.43. The molecule has 11 nitrogen and oxygen atoms in total. The zero-order valence-corrected chi connectivity index (χ0v) is 41.0. The summed E-state index contributed by atoms with van der Waals surface area (Å²) in [5.74, 6) is -4.00. The van der Waals surface area contributed by atoms with E-state index >= 15 is 8.78 Å². The van der Waals surface area contributed by atoms with E-state index < -0.39 is 64.1 Å². The molecule has 1 aliphatic rings. The number of alkyl halides is 2. The summed E-state index contributed by atoms with van der Waals surface area (Å²) in [5, 5.41) is 11.8. The van der Waals surface area contributed by atoms with Crippen LogP contribution in [0.5, 0.6) is 5.75 Å². The molecular formula is C51H49Cl2F2N2O9PS. The highest BCUT2D eigenvalue weighted by Crippen LogP contribution is 2.51. The zero-order chi connectivity index (χ0) is 49.1. The van der Waals surface area contributed by atoms with Crippen molar-refractivity contribution in [3.63, 3.8) is 0 Å². The Hall–Kier alpha value is -5.44. The minimum atomic E-state index is -4.25. The highest BCUT2D eigenvalue weighted by molar-refractivity contribution is 7.94. The number of allylic oxidation sites excluding steroid dienone is 2. The molecule has 1 aliphatic carbocycles. The van der Waals surface area contributed by atoms with Crippen LogP contribution in [-0.2, 0) is 63.6 Å². The van der Waals surface area contributed by atoms with Gasteiger partial charge >= 0.3 is 13.8 Å². The molecule has 68 heavy (non-hydrogen) atoms. The van der Waals surface area contributed by atoms with Crippen LogP contribution in [0.3, 0.4) is 0 Å². The maximum atomic E-state index is 16.1. The van der Waals surface area contributed by atoms with E-state index in [0.29, 0.717) is 43.9 Å². The number of phosphoric ester groups is 1. The molecule has 0 bridgehead atoms. The van der Waals surface area contributed by atoms with Gasteiger partial charge in [-0.1, -0.05) is 114 Å². The lowest BCUT2D eigenvalue weighted by Crippen LogP contribution is -2.30. The smallest absolute Gasteiger partial charge is 0.461 e. The average molecular weight is 1010 g/mol. The second kappa shape index (κ2) is 20.3. The standard InChI is InChI=1S/C51H49Cl2F2N2O9PS/c1-49(2,47-42(52)17-12-18-43(47)53)48-56-45(50(3,4)59)30-57(48)39-23-21-37(22-24-39)38-28-44(68(5,61)62)41(51(54,55)29-38)33-63-46(58)27-34-19-25-40(26-20-34)66-67(60,64-31-35-13-8-6-9-14-35)65-32-36-15-10-7-11-16-36/h6-26,28,30,59H,27,29,31-33H2,1-5H3. The van der Waals surface area contributed by atoms with Crippen molar-refractivity contribution in [2.24, 2.45) is 0 Å². The van der Waals surface area contributed by atoms with Crippen LogP contribution in [0.2, 0.25) is 10.0 Å². The fourth-order valence-electron chi connectivity index (χ4n) is 7.58. The molecule has 0 fully saturated rings. The van der Waals surface area contributed by atoms with Crippen LogP contribution in [-0.4, -0.2) is 47.8 Å². The number of halogens is 4. The number of benzene rings is 5. The molecule has 0 unspecified atom stereocenters. The number of carbonyl (C=O) groups is 1. The summed E-state index contributed by atoms with van der Waals surface area (Å²) in [6, 6.07) is 35.7. The molecule has 6 aromatic rings. The van der Waals surface area contributed by atoms with Crippen molar-refractivity contribution in [2.45, 2.75) is 70.7 Å². The van der Waals surface area contributed by atoms with E-state index in [4.69, 9.17) is 46.5 Å². The van der Waals surface area contributed by atoms with E-state index in [0.717, 1.165) is 17.4 Å². The first-order valence-electron chi connectivity index (χ1n) is 21.3. The van der Waals surface area contributed by atoms with Gasteiger partial charge in [0.25, 0.3) is 5.92 Å². The van der Waals surface area contributed by atoms with E-state index in [1.54, 1.807) is 91.3 Å². The topological polar surface area (TPSA) is 143 Å². The number of aromatic nitrogens is 2. The fraction of sp³-hybridized carbons (Fsp3) is 0.255. The van der Waals surface area contributed by atoms with Gasteiger partial charge in [-0.05, 0) is 98.0 Å². The molecule has 0 atom stereocenters. The molecule has 17 heteroatoms. The lowest BCUT2D eigenvalue weighted by Gasteiger charge is -2.28. The molecule has 1 N–H and O–H groups in total. The van der Waals surface area contributed by atoms with Crippen molar-refractivity contribution < 1.29 is 50.0 Å². The number of hydrogen-bond acceptors (Lipinski definition) is 10. The van der Waals surface area contributed by atoms with Gasteiger partial charge in [-0.3, -0.25) is 13.8 Å². The summed E-state index contributed by atoms with van der Waals surface area (Å²) >= 11 is 13.3. The normalized spacial score (nSPS) is 14.4. The lowest BCUT2D eigenvalue weighted by atomic mass is 9.83. The first-order valence-corrected chi connectivity index (χ1v) is 25.4. The number of aliphatic hydroxyl groups is 1. The summed E-state index contributed by atoms with van der Waals surface area (Å²) in [7, 11) is -8.43. The molecule has 0 aliphatic heterocycles. The number of phosphoric acid groups is 1.